The van der Waals surface area contributed by atoms with Crippen LogP contribution < -0.4 is 16.0 Å². The monoisotopic (exact) mass is 461 g/mol. The van der Waals surface area contributed by atoms with Crippen molar-refractivity contribution >= 4 is 17.7 Å². The van der Waals surface area contributed by atoms with E-state index in [4.69, 9.17) is 0 Å². The maximum Gasteiger partial charge on any atom is 0.255 e. The Kier molecular flexibility index (Phi) is 6.71. The molecule has 0 aromatic heterocycles. The number of amides is 3. The molecule has 8 heteroatoms. The Morgan fingerprint density at radius 2 is 1.62 bits per heavy atom. The van der Waals surface area contributed by atoms with Crippen LogP contribution >= 0.6 is 0 Å². The summed E-state index contributed by atoms with van der Waals surface area (Å²) in [7, 11) is 0. The number of hydrogen-bond acceptors (Lipinski definition) is 6. The van der Waals surface area contributed by atoms with Crippen LogP contribution in [-0.4, -0.2) is 59.7 Å². The Hall–Kier alpha value is -3.07. The number of carbonyl (C=O) groups is 3. The predicted octanol–water partition coefficient (Wildman–Crippen LogP) is 1.14. The molecule has 0 saturated carbocycles. The molecule has 2 aromatic carbocycles. The molecule has 0 aliphatic carbocycles. The number of hydrogen-bond donors (Lipinski definition) is 3. The van der Waals surface area contributed by atoms with E-state index in [1.54, 1.807) is 4.90 Å². The lowest BCUT2D eigenvalue weighted by molar-refractivity contribution is -0.136. The van der Waals surface area contributed by atoms with Gasteiger partial charge in [-0.15, -0.1) is 0 Å². The summed E-state index contributed by atoms with van der Waals surface area (Å²) in [6.45, 7) is 7.19. The molecule has 2 aromatic rings. The van der Waals surface area contributed by atoms with Crippen LogP contribution in [0, 0.1) is 0 Å². The van der Waals surface area contributed by atoms with E-state index in [0.29, 0.717) is 25.1 Å². The summed E-state index contributed by atoms with van der Waals surface area (Å²) in [5.74, 6) is -0.781. The summed E-state index contributed by atoms with van der Waals surface area (Å²) in [5, 5.41) is 9.22. The molecule has 0 radical (unpaired) electrons. The molecule has 34 heavy (non-hydrogen) atoms. The zero-order valence-corrected chi connectivity index (χ0v) is 19.3. The van der Waals surface area contributed by atoms with Crippen LogP contribution in [0.25, 0.3) is 0 Å². The Labute approximate surface area is 199 Å². The summed E-state index contributed by atoms with van der Waals surface area (Å²) >= 11 is 0. The van der Waals surface area contributed by atoms with Crippen LogP contribution in [0.5, 0.6) is 0 Å². The van der Waals surface area contributed by atoms with Crippen molar-refractivity contribution in [1.29, 1.82) is 0 Å². The Morgan fingerprint density at radius 3 is 2.38 bits per heavy atom. The van der Waals surface area contributed by atoms with Gasteiger partial charge < -0.3 is 15.5 Å². The quantitative estimate of drug-likeness (QED) is 0.536. The fraction of sp³-hybridized carbons (Fsp3) is 0.423. The highest BCUT2D eigenvalue weighted by Gasteiger charge is 2.39. The summed E-state index contributed by atoms with van der Waals surface area (Å²) in [4.78, 5) is 40.5. The minimum atomic E-state index is -0.575. The first-order chi connectivity index (χ1) is 16.6. The molecule has 0 bridgehead atoms. The second kappa shape index (κ2) is 10.0. The van der Waals surface area contributed by atoms with Crippen LogP contribution in [-0.2, 0) is 35.8 Å². The number of piperazine rings is 1. The van der Waals surface area contributed by atoms with Gasteiger partial charge in [-0.1, -0.05) is 36.4 Å². The van der Waals surface area contributed by atoms with Crippen molar-refractivity contribution in [3.63, 3.8) is 0 Å². The molecule has 178 valence electrons. The first-order valence-corrected chi connectivity index (χ1v) is 12.0. The summed E-state index contributed by atoms with van der Waals surface area (Å²) in [6, 6.07) is 14.1. The van der Waals surface area contributed by atoms with E-state index in [-0.39, 0.29) is 24.1 Å². The van der Waals surface area contributed by atoms with Gasteiger partial charge in [-0.2, -0.15) is 0 Å². The van der Waals surface area contributed by atoms with Gasteiger partial charge in [-0.3, -0.25) is 24.6 Å². The SMILES string of the molecule is O=C1CCC(N2Cc3cc(CNCc4ccc(CN5CCNCC5)cc4)ccc3C2=O)C(=O)N1. The lowest BCUT2D eigenvalue weighted by Gasteiger charge is -2.29. The van der Waals surface area contributed by atoms with Crippen LogP contribution in [0.2, 0.25) is 0 Å². The second-order valence-electron chi connectivity index (χ2n) is 9.34. The molecule has 1 unspecified atom stereocenters. The van der Waals surface area contributed by atoms with Crippen molar-refractivity contribution in [3.8, 4) is 0 Å². The molecular formula is C26H31N5O3. The van der Waals surface area contributed by atoms with Gasteiger partial charge >= 0.3 is 0 Å². The van der Waals surface area contributed by atoms with Crippen LogP contribution in [0.1, 0.15) is 45.5 Å². The number of rotatable bonds is 7. The summed E-state index contributed by atoms with van der Waals surface area (Å²) < 4.78 is 0. The lowest BCUT2D eigenvalue weighted by Crippen LogP contribution is -2.52. The highest BCUT2D eigenvalue weighted by atomic mass is 16.2. The van der Waals surface area contributed by atoms with Crippen molar-refractivity contribution in [3.05, 3.63) is 70.3 Å². The first kappa shape index (κ1) is 22.7. The minimum absolute atomic E-state index is 0.134. The van der Waals surface area contributed by atoms with Crippen molar-refractivity contribution in [2.45, 2.75) is 45.1 Å². The molecule has 3 amide bonds. The number of nitrogens with zero attached hydrogens (tertiary/aromatic N) is 2. The number of nitrogens with one attached hydrogen (secondary N) is 3. The van der Waals surface area contributed by atoms with E-state index in [1.807, 2.05) is 18.2 Å². The van der Waals surface area contributed by atoms with Crippen molar-refractivity contribution in [1.82, 2.24) is 25.8 Å². The molecule has 1 atom stereocenters. The third-order valence-electron chi connectivity index (χ3n) is 6.88. The molecule has 3 N–H and O–H groups in total. The first-order valence-electron chi connectivity index (χ1n) is 12.0. The van der Waals surface area contributed by atoms with Gasteiger partial charge in [0.15, 0.2) is 0 Å². The van der Waals surface area contributed by atoms with E-state index in [0.717, 1.165) is 50.4 Å². The van der Waals surface area contributed by atoms with E-state index in [1.165, 1.54) is 11.1 Å². The third kappa shape index (κ3) is 5.04. The van der Waals surface area contributed by atoms with Crippen LogP contribution in [0.4, 0.5) is 0 Å². The Bertz CT molecular complexity index is 1080. The predicted molar refractivity (Wildman–Crippen MR) is 128 cm³/mol. The molecule has 2 fully saturated rings. The molecule has 2 saturated heterocycles. The van der Waals surface area contributed by atoms with Gasteiger partial charge in [0, 0.05) is 64.3 Å². The fourth-order valence-electron chi connectivity index (χ4n) is 4.98. The number of piperidine rings is 1. The van der Waals surface area contributed by atoms with Gasteiger partial charge in [0.2, 0.25) is 11.8 Å². The highest BCUT2D eigenvalue weighted by Crippen LogP contribution is 2.28. The lowest BCUT2D eigenvalue weighted by atomic mass is 10.0. The maximum absolute atomic E-state index is 12.8. The zero-order chi connectivity index (χ0) is 23.5. The van der Waals surface area contributed by atoms with Gasteiger partial charge in [0.1, 0.15) is 6.04 Å². The van der Waals surface area contributed by atoms with Crippen LogP contribution in [0.3, 0.4) is 0 Å². The highest BCUT2D eigenvalue weighted by molar-refractivity contribution is 6.05. The normalized spacial score (nSPS) is 21.0. The molecule has 8 nitrogen and oxygen atoms in total. The fourth-order valence-corrected chi connectivity index (χ4v) is 4.98. The van der Waals surface area contributed by atoms with E-state index in [2.05, 4.69) is 45.1 Å². The molecule has 3 aliphatic rings. The van der Waals surface area contributed by atoms with Gasteiger partial charge in [0.05, 0.1) is 0 Å². The van der Waals surface area contributed by atoms with Crippen molar-refractivity contribution in [2.75, 3.05) is 26.2 Å². The Balaban J connectivity index is 1.13. The number of fused-ring (bicyclic) bond motifs is 1. The van der Waals surface area contributed by atoms with Crippen molar-refractivity contribution in [2.24, 2.45) is 0 Å². The summed E-state index contributed by atoms with van der Waals surface area (Å²) in [5.41, 5.74) is 5.27. The molecule has 3 heterocycles. The van der Waals surface area contributed by atoms with Gasteiger partial charge in [0.25, 0.3) is 5.91 Å². The largest absolute Gasteiger partial charge is 0.322 e. The summed E-state index contributed by atoms with van der Waals surface area (Å²) in [6.07, 6.45) is 0.648. The molecule has 3 aliphatic heterocycles. The average Bonchev–Trinajstić information content (AvgIpc) is 3.16. The maximum atomic E-state index is 12.8. The number of imide groups is 1. The Morgan fingerprint density at radius 1 is 0.912 bits per heavy atom. The molecular weight excluding hydrogens is 430 g/mol. The average molecular weight is 462 g/mol. The number of benzene rings is 2. The van der Waals surface area contributed by atoms with E-state index < -0.39 is 6.04 Å². The third-order valence-corrected chi connectivity index (χ3v) is 6.88. The zero-order valence-electron chi connectivity index (χ0n) is 19.3. The van der Waals surface area contributed by atoms with Gasteiger partial charge in [-0.05, 0) is 34.7 Å². The number of carbonyl (C=O) groups excluding carboxylic acids is 3. The molecule has 5 rings (SSSR count). The van der Waals surface area contributed by atoms with Crippen LogP contribution in [0.15, 0.2) is 42.5 Å². The smallest absolute Gasteiger partial charge is 0.255 e. The molecule has 0 spiro atoms. The van der Waals surface area contributed by atoms with Gasteiger partial charge in [-0.25, -0.2) is 0 Å². The topological polar surface area (TPSA) is 93.8 Å². The minimum Gasteiger partial charge on any atom is -0.322 e. The second-order valence-corrected chi connectivity index (χ2v) is 9.34. The van der Waals surface area contributed by atoms with E-state index in [9.17, 15) is 14.4 Å². The van der Waals surface area contributed by atoms with E-state index >= 15 is 0 Å². The van der Waals surface area contributed by atoms with Crippen molar-refractivity contribution < 1.29 is 14.4 Å². The standard InChI is InChI=1S/C26H31N5O3/c32-24-8-7-23(25(33)29-24)31-17-21-13-20(5-6-22(21)26(31)34)15-28-14-18-1-3-19(4-2-18)16-30-11-9-27-10-12-30/h1-6,13,23,27-28H,7-12,14-17H2,(H,29,32,33).